The number of nitrogens with zero attached hydrogens (tertiary/aromatic N) is 3. The summed E-state index contributed by atoms with van der Waals surface area (Å²) < 4.78 is 1.66. The lowest BCUT2D eigenvalue weighted by Crippen LogP contribution is -1.98. The molecule has 19 heavy (non-hydrogen) atoms. The minimum absolute atomic E-state index is 0.0638. The van der Waals surface area contributed by atoms with Gasteiger partial charge in [0.05, 0.1) is 28.4 Å². The molecule has 0 aliphatic carbocycles. The van der Waals surface area contributed by atoms with Crippen molar-refractivity contribution in [2.24, 2.45) is 7.05 Å². The van der Waals surface area contributed by atoms with Crippen LogP contribution in [0.1, 0.15) is 5.69 Å². The Morgan fingerprint density at radius 2 is 2.32 bits per heavy atom. The quantitative estimate of drug-likeness (QED) is 0.693. The van der Waals surface area contributed by atoms with Crippen LogP contribution in [-0.2, 0) is 13.7 Å². The van der Waals surface area contributed by atoms with Crippen LogP contribution in [0.3, 0.4) is 0 Å². The highest BCUT2D eigenvalue weighted by Gasteiger charge is 2.20. The lowest BCUT2D eigenvalue weighted by molar-refractivity contribution is -0.387. The lowest BCUT2D eigenvalue weighted by Gasteiger charge is -2.06. The van der Waals surface area contributed by atoms with Gasteiger partial charge in [0.15, 0.2) is 5.16 Å². The summed E-state index contributed by atoms with van der Waals surface area (Å²) in [5.41, 5.74) is 0.559. The van der Waals surface area contributed by atoms with E-state index in [9.17, 15) is 10.1 Å². The van der Waals surface area contributed by atoms with Gasteiger partial charge in [-0.3, -0.25) is 10.1 Å². The number of hydrogen-bond donors (Lipinski definition) is 1. The molecule has 0 aliphatic rings. The van der Waals surface area contributed by atoms with Gasteiger partial charge in [-0.15, -0.1) is 0 Å². The van der Waals surface area contributed by atoms with Crippen LogP contribution >= 0.6 is 23.4 Å². The Labute approximate surface area is 118 Å². The molecule has 1 aromatic carbocycles. The Morgan fingerprint density at radius 3 is 2.89 bits per heavy atom. The predicted octanol–water partition coefficient (Wildman–Crippen LogP) is 2.63. The molecule has 0 atom stereocenters. The van der Waals surface area contributed by atoms with Crippen LogP contribution in [0, 0.1) is 10.1 Å². The van der Waals surface area contributed by atoms with E-state index in [1.165, 1.54) is 18.3 Å². The minimum atomic E-state index is -0.482. The summed E-state index contributed by atoms with van der Waals surface area (Å²) in [6, 6.07) is 4.51. The van der Waals surface area contributed by atoms with Crippen LogP contribution in [-0.4, -0.2) is 19.6 Å². The van der Waals surface area contributed by atoms with Gasteiger partial charge in [0, 0.05) is 13.1 Å². The van der Waals surface area contributed by atoms with Gasteiger partial charge in [0.2, 0.25) is 0 Å². The molecule has 0 spiro atoms. The topological polar surface area (TPSA) is 81.2 Å². The summed E-state index contributed by atoms with van der Waals surface area (Å²) in [4.78, 5) is 14.9. The fourth-order valence-corrected chi connectivity index (χ4v) is 2.74. The number of rotatable bonds is 4. The highest BCUT2D eigenvalue weighted by Crippen LogP contribution is 2.39. The van der Waals surface area contributed by atoms with Crippen molar-refractivity contribution in [3.8, 4) is 0 Å². The molecule has 1 aromatic heterocycles. The third-order valence-corrected chi connectivity index (χ3v) is 4.16. The summed E-state index contributed by atoms with van der Waals surface area (Å²) in [6.07, 6.45) is 1.52. The Morgan fingerprint density at radius 1 is 1.58 bits per heavy atom. The first-order valence-corrected chi connectivity index (χ1v) is 6.46. The lowest BCUT2D eigenvalue weighted by atomic mass is 10.3. The summed E-state index contributed by atoms with van der Waals surface area (Å²) in [6.45, 7) is -0.144. The summed E-state index contributed by atoms with van der Waals surface area (Å²) in [5, 5.41) is 20.9. The first-order valence-electron chi connectivity index (χ1n) is 5.26. The number of aliphatic hydroxyl groups excluding tert-OH is 1. The third kappa shape index (κ3) is 2.73. The second-order valence-electron chi connectivity index (χ2n) is 3.70. The summed E-state index contributed by atoms with van der Waals surface area (Å²) >= 11 is 7.10. The molecule has 1 N–H and O–H groups in total. The fraction of sp³-hybridized carbons (Fsp3) is 0.182. The third-order valence-electron chi connectivity index (χ3n) is 2.54. The van der Waals surface area contributed by atoms with Crippen molar-refractivity contribution in [3.63, 3.8) is 0 Å². The number of nitro groups is 1. The number of nitro benzene ring substituents is 1. The van der Waals surface area contributed by atoms with E-state index in [2.05, 4.69) is 4.98 Å². The second kappa shape index (κ2) is 5.60. The molecular formula is C11H10ClN3O3S. The Kier molecular flexibility index (Phi) is 4.08. The highest BCUT2D eigenvalue weighted by atomic mass is 35.5. The van der Waals surface area contributed by atoms with E-state index >= 15 is 0 Å². The zero-order chi connectivity index (χ0) is 14.0. The maximum atomic E-state index is 11.0. The first kappa shape index (κ1) is 13.9. The van der Waals surface area contributed by atoms with Crippen LogP contribution in [0.25, 0.3) is 0 Å². The van der Waals surface area contributed by atoms with Gasteiger partial charge in [-0.2, -0.15) is 0 Å². The van der Waals surface area contributed by atoms with E-state index in [1.807, 2.05) is 0 Å². The number of benzene rings is 1. The molecule has 0 saturated carbocycles. The van der Waals surface area contributed by atoms with E-state index in [0.717, 1.165) is 11.8 Å². The van der Waals surface area contributed by atoms with Crippen LogP contribution in [0.5, 0.6) is 0 Å². The molecule has 0 amide bonds. The Bertz CT molecular complexity index is 630. The van der Waals surface area contributed by atoms with Gasteiger partial charge in [-0.25, -0.2) is 4.98 Å². The van der Waals surface area contributed by atoms with Crippen molar-refractivity contribution in [2.75, 3.05) is 0 Å². The molecule has 0 unspecified atom stereocenters. The van der Waals surface area contributed by atoms with Crippen LogP contribution in [0.2, 0.25) is 5.02 Å². The molecule has 0 saturated heterocycles. The molecule has 2 rings (SSSR count). The second-order valence-corrected chi connectivity index (χ2v) is 5.08. The van der Waals surface area contributed by atoms with Gasteiger partial charge in [-0.05, 0) is 17.8 Å². The molecule has 1 heterocycles. The van der Waals surface area contributed by atoms with Crippen molar-refractivity contribution >= 4 is 29.1 Å². The van der Waals surface area contributed by atoms with E-state index in [4.69, 9.17) is 16.7 Å². The average Bonchev–Trinajstić information content (AvgIpc) is 2.72. The molecule has 0 fully saturated rings. The molecule has 2 aromatic rings. The first-order chi connectivity index (χ1) is 9.04. The van der Waals surface area contributed by atoms with E-state index in [1.54, 1.807) is 17.7 Å². The zero-order valence-electron chi connectivity index (χ0n) is 9.91. The largest absolute Gasteiger partial charge is 0.390 e. The van der Waals surface area contributed by atoms with Crippen LogP contribution in [0.15, 0.2) is 34.4 Å². The molecule has 0 radical (unpaired) electrons. The smallest absolute Gasteiger partial charge is 0.284 e. The molecule has 0 bridgehead atoms. The number of aliphatic hydroxyl groups is 1. The molecule has 100 valence electrons. The molecule has 0 aliphatic heterocycles. The van der Waals surface area contributed by atoms with Crippen LogP contribution < -0.4 is 0 Å². The normalized spacial score (nSPS) is 10.7. The van der Waals surface area contributed by atoms with Gasteiger partial charge in [-0.1, -0.05) is 17.7 Å². The summed E-state index contributed by atoms with van der Waals surface area (Å²) in [5.74, 6) is 0. The minimum Gasteiger partial charge on any atom is -0.390 e. The highest BCUT2D eigenvalue weighted by molar-refractivity contribution is 7.99. The van der Waals surface area contributed by atoms with Crippen molar-refractivity contribution < 1.29 is 10.0 Å². The average molecular weight is 300 g/mol. The van der Waals surface area contributed by atoms with Gasteiger partial charge < -0.3 is 9.67 Å². The van der Waals surface area contributed by atoms with E-state index in [-0.39, 0.29) is 12.3 Å². The van der Waals surface area contributed by atoms with E-state index in [0.29, 0.717) is 20.8 Å². The fourth-order valence-electron chi connectivity index (χ4n) is 1.50. The summed E-state index contributed by atoms with van der Waals surface area (Å²) in [7, 11) is 1.73. The maximum absolute atomic E-state index is 11.0. The molecule has 8 heteroatoms. The van der Waals surface area contributed by atoms with Crippen molar-refractivity contribution in [2.45, 2.75) is 16.7 Å². The number of hydrogen-bond acceptors (Lipinski definition) is 5. The maximum Gasteiger partial charge on any atom is 0.284 e. The van der Waals surface area contributed by atoms with Gasteiger partial charge >= 0.3 is 0 Å². The van der Waals surface area contributed by atoms with Crippen molar-refractivity contribution in [1.82, 2.24) is 9.55 Å². The van der Waals surface area contributed by atoms with Crippen molar-refractivity contribution in [3.05, 3.63) is 45.2 Å². The zero-order valence-corrected chi connectivity index (χ0v) is 11.5. The van der Waals surface area contributed by atoms with Gasteiger partial charge in [0.1, 0.15) is 4.90 Å². The Hall–Kier alpha value is -1.57. The standard InChI is InChI=1S/C11H10ClN3O3S/c1-14-7(6-16)5-13-11(14)19-10-8(12)3-2-4-9(10)15(17)18/h2-5,16H,6H2,1H3. The molecule has 6 nitrogen and oxygen atoms in total. The number of halogens is 1. The number of imidazole rings is 1. The molecular weight excluding hydrogens is 290 g/mol. The Balaban J connectivity index is 2.43. The van der Waals surface area contributed by atoms with Gasteiger partial charge in [0.25, 0.3) is 5.69 Å². The van der Waals surface area contributed by atoms with Crippen LogP contribution in [0.4, 0.5) is 5.69 Å². The number of aromatic nitrogens is 2. The van der Waals surface area contributed by atoms with E-state index < -0.39 is 4.92 Å². The SMILES string of the molecule is Cn1c(CO)cnc1Sc1c(Cl)cccc1[N+](=O)[O-]. The monoisotopic (exact) mass is 299 g/mol. The predicted molar refractivity (Wildman–Crippen MR) is 71.4 cm³/mol. The van der Waals surface area contributed by atoms with Crippen molar-refractivity contribution in [1.29, 1.82) is 0 Å².